The first kappa shape index (κ1) is 27.0. The van der Waals surface area contributed by atoms with Crippen molar-refractivity contribution in [2.24, 2.45) is 11.7 Å². The molecular formula is C20H33ClF3NO3. The maximum absolute atomic E-state index is 13.4. The van der Waals surface area contributed by atoms with Gasteiger partial charge in [0.1, 0.15) is 5.75 Å². The molecule has 4 nitrogen and oxygen atoms in total. The number of ether oxygens (including phenoxy) is 1. The van der Waals surface area contributed by atoms with Crippen LogP contribution in [-0.4, -0.2) is 35.6 Å². The van der Waals surface area contributed by atoms with Gasteiger partial charge < -0.3 is 20.7 Å². The van der Waals surface area contributed by atoms with Gasteiger partial charge in [-0.05, 0) is 42.9 Å². The van der Waals surface area contributed by atoms with Gasteiger partial charge in [0, 0.05) is 0 Å². The molecule has 0 bridgehead atoms. The zero-order valence-electron chi connectivity index (χ0n) is 16.6. The predicted octanol–water partition coefficient (Wildman–Crippen LogP) is 4.34. The van der Waals surface area contributed by atoms with Crippen LogP contribution >= 0.6 is 12.4 Å². The smallest absolute Gasteiger partial charge is 0.419 e. The van der Waals surface area contributed by atoms with Crippen molar-refractivity contribution in [3.05, 3.63) is 29.3 Å². The number of aryl methyl sites for hydroxylation is 1. The molecule has 1 atom stereocenters. The summed E-state index contributed by atoms with van der Waals surface area (Å²) in [5.41, 5.74) is 4.20. The van der Waals surface area contributed by atoms with Gasteiger partial charge in [0.05, 0.1) is 30.9 Å². The van der Waals surface area contributed by atoms with Gasteiger partial charge in [-0.1, -0.05) is 39.2 Å². The van der Waals surface area contributed by atoms with Crippen molar-refractivity contribution in [2.75, 3.05) is 19.8 Å². The SMILES string of the molecule is CCCCCC(C)COc1ccc(CCC(N)(CO)CO)cc1C(F)(F)F.Cl. The molecule has 164 valence electrons. The van der Waals surface area contributed by atoms with Gasteiger partial charge >= 0.3 is 6.18 Å². The highest BCUT2D eigenvalue weighted by Gasteiger charge is 2.35. The molecule has 0 saturated heterocycles. The van der Waals surface area contributed by atoms with Crippen molar-refractivity contribution in [1.29, 1.82) is 0 Å². The Balaban J connectivity index is 0.00000729. The van der Waals surface area contributed by atoms with Gasteiger partial charge in [0.15, 0.2) is 0 Å². The second-order valence-corrected chi connectivity index (χ2v) is 7.42. The first-order valence-electron chi connectivity index (χ1n) is 9.48. The number of nitrogens with two attached hydrogens (primary N) is 1. The number of aliphatic hydroxyl groups excluding tert-OH is 2. The van der Waals surface area contributed by atoms with Crippen LogP contribution in [0.2, 0.25) is 0 Å². The minimum Gasteiger partial charge on any atom is -0.493 e. The third-order valence-electron chi connectivity index (χ3n) is 4.71. The molecule has 0 aliphatic heterocycles. The second-order valence-electron chi connectivity index (χ2n) is 7.42. The lowest BCUT2D eigenvalue weighted by Crippen LogP contribution is -2.47. The number of hydrogen-bond acceptors (Lipinski definition) is 4. The third-order valence-corrected chi connectivity index (χ3v) is 4.71. The van der Waals surface area contributed by atoms with Gasteiger partial charge in [-0.2, -0.15) is 13.2 Å². The number of alkyl halides is 3. The molecule has 0 fully saturated rings. The maximum Gasteiger partial charge on any atom is 0.419 e. The van der Waals surface area contributed by atoms with E-state index in [1.165, 1.54) is 6.07 Å². The first-order chi connectivity index (χ1) is 12.6. The van der Waals surface area contributed by atoms with Crippen molar-refractivity contribution >= 4 is 12.4 Å². The highest BCUT2D eigenvalue weighted by molar-refractivity contribution is 5.85. The molecule has 0 spiro atoms. The standard InChI is InChI=1S/C20H32F3NO3.ClH/c1-3-4-5-6-15(2)12-27-18-8-7-16(11-17(18)20(21,22)23)9-10-19(24,13-25)14-26;/h7-8,11,15,25-26H,3-6,9-10,12-14,24H2,1-2H3;1H. The lowest BCUT2D eigenvalue weighted by molar-refractivity contribution is -0.139. The molecule has 4 N–H and O–H groups in total. The average Bonchev–Trinajstić information content (AvgIpc) is 2.64. The van der Waals surface area contributed by atoms with Crippen LogP contribution in [0, 0.1) is 5.92 Å². The Bertz CT molecular complexity index is 566. The molecule has 0 aliphatic rings. The Morgan fingerprint density at radius 3 is 2.32 bits per heavy atom. The summed E-state index contributed by atoms with van der Waals surface area (Å²) in [5, 5.41) is 18.4. The van der Waals surface area contributed by atoms with E-state index in [0.29, 0.717) is 5.56 Å². The molecule has 0 amide bonds. The fourth-order valence-corrected chi connectivity index (χ4v) is 2.74. The minimum absolute atomic E-state index is 0. The van der Waals surface area contributed by atoms with Crippen LogP contribution in [0.25, 0.3) is 0 Å². The molecule has 0 heterocycles. The molecule has 1 rings (SSSR count). The summed E-state index contributed by atoms with van der Waals surface area (Å²) in [6.07, 6.45) is 0.0444. The van der Waals surface area contributed by atoms with Crippen molar-refractivity contribution in [2.45, 2.75) is 64.1 Å². The Kier molecular flexibility index (Phi) is 12.1. The third kappa shape index (κ3) is 8.99. The van der Waals surface area contributed by atoms with Crippen LogP contribution in [-0.2, 0) is 12.6 Å². The number of aliphatic hydroxyl groups is 2. The molecule has 1 aromatic carbocycles. The van der Waals surface area contributed by atoms with Gasteiger partial charge in [-0.15, -0.1) is 12.4 Å². The van der Waals surface area contributed by atoms with Crippen LogP contribution in [0.1, 0.15) is 57.1 Å². The van der Waals surface area contributed by atoms with Crippen LogP contribution < -0.4 is 10.5 Å². The summed E-state index contributed by atoms with van der Waals surface area (Å²) in [7, 11) is 0. The van der Waals surface area contributed by atoms with E-state index in [-0.39, 0.29) is 43.5 Å². The molecule has 8 heteroatoms. The monoisotopic (exact) mass is 427 g/mol. The summed E-state index contributed by atoms with van der Waals surface area (Å²) in [6, 6.07) is 3.97. The van der Waals surface area contributed by atoms with E-state index in [1.807, 2.05) is 6.92 Å². The van der Waals surface area contributed by atoms with Crippen LogP contribution in [0.4, 0.5) is 13.2 Å². The normalized spacial score (nSPS) is 13.1. The molecule has 1 aromatic rings. The van der Waals surface area contributed by atoms with Crippen LogP contribution in [0.15, 0.2) is 18.2 Å². The van der Waals surface area contributed by atoms with E-state index in [2.05, 4.69) is 6.92 Å². The number of unbranched alkanes of at least 4 members (excludes halogenated alkanes) is 2. The highest BCUT2D eigenvalue weighted by atomic mass is 35.5. The Labute approximate surface area is 171 Å². The van der Waals surface area contributed by atoms with Gasteiger partial charge in [0.25, 0.3) is 0 Å². The summed E-state index contributed by atoms with van der Waals surface area (Å²) >= 11 is 0. The molecule has 28 heavy (non-hydrogen) atoms. The van der Waals surface area contributed by atoms with E-state index in [1.54, 1.807) is 6.07 Å². The predicted molar refractivity (Wildman–Crippen MR) is 107 cm³/mol. The summed E-state index contributed by atoms with van der Waals surface area (Å²) in [4.78, 5) is 0. The quantitative estimate of drug-likeness (QED) is 0.434. The molecule has 0 radical (unpaired) electrons. The van der Waals surface area contributed by atoms with E-state index in [0.717, 1.165) is 31.7 Å². The van der Waals surface area contributed by atoms with Gasteiger partial charge in [-0.25, -0.2) is 0 Å². The van der Waals surface area contributed by atoms with Gasteiger partial charge in [-0.3, -0.25) is 0 Å². The Morgan fingerprint density at radius 2 is 1.79 bits per heavy atom. The summed E-state index contributed by atoms with van der Waals surface area (Å²) in [5.74, 6) is 0.0150. The fraction of sp³-hybridized carbons (Fsp3) is 0.700. The van der Waals surface area contributed by atoms with Crippen molar-refractivity contribution in [1.82, 2.24) is 0 Å². The van der Waals surface area contributed by atoms with Crippen LogP contribution in [0.3, 0.4) is 0 Å². The van der Waals surface area contributed by atoms with E-state index in [4.69, 9.17) is 10.5 Å². The number of benzene rings is 1. The zero-order chi connectivity index (χ0) is 20.5. The lowest BCUT2D eigenvalue weighted by Gasteiger charge is -2.24. The number of halogens is 4. The second kappa shape index (κ2) is 12.5. The minimum atomic E-state index is -4.52. The van der Waals surface area contributed by atoms with Crippen LogP contribution in [0.5, 0.6) is 5.75 Å². The highest BCUT2D eigenvalue weighted by Crippen LogP contribution is 2.37. The first-order valence-corrected chi connectivity index (χ1v) is 9.48. The number of hydrogen-bond donors (Lipinski definition) is 3. The Hall–Kier alpha value is -1.02. The zero-order valence-corrected chi connectivity index (χ0v) is 17.4. The average molecular weight is 428 g/mol. The summed E-state index contributed by atoms with van der Waals surface area (Å²) in [6.45, 7) is 3.45. The van der Waals surface area contributed by atoms with Gasteiger partial charge in [0.2, 0.25) is 0 Å². The van der Waals surface area contributed by atoms with E-state index < -0.39 is 30.5 Å². The van der Waals surface area contributed by atoms with E-state index in [9.17, 15) is 23.4 Å². The fourth-order valence-electron chi connectivity index (χ4n) is 2.74. The largest absolute Gasteiger partial charge is 0.493 e. The molecule has 0 aromatic heterocycles. The lowest BCUT2D eigenvalue weighted by atomic mass is 9.93. The van der Waals surface area contributed by atoms with Crippen molar-refractivity contribution in [3.63, 3.8) is 0 Å². The molecule has 0 aliphatic carbocycles. The van der Waals surface area contributed by atoms with Crippen molar-refractivity contribution < 1.29 is 28.1 Å². The van der Waals surface area contributed by atoms with E-state index >= 15 is 0 Å². The number of rotatable bonds is 12. The molecule has 0 saturated carbocycles. The molecular weight excluding hydrogens is 395 g/mol. The molecule has 1 unspecified atom stereocenters. The Morgan fingerprint density at radius 1 is 1.14 bits per heavy atom. The maximum atomic E-state index is 13.4. The van der Waals surface area contributed by atoms with Crippen molar-refractivity contribution in [3.8, 4) is 5.75 Å². The topological polar surface area (TPSA) is 75.7 Å². The summed E-state index contributed by atoms with van der Waals surface area (Å²) < 4.78 is 45.7.